The molecule has 2 N–H and O–H groups in total. The molecule has 1 atom stereocenters. The van der Waals surface area contributed by atoms with Crippen molar-refractivity contribution >= 4 is 22.1 Å². The van der Waals surface area contributed by atoms with Crippen molar-refractivity contribution in [3.63, 3.8) is 0 Å². The second-order valence-corrected chi connectivity index (χ2v) is 10.2. The Bertz CT molecular complexity index is 1370. The maximum absolute atomic E-state index is 13.0. The second kappa shape index (κ2) is 11.7. The first-order valence-electron chi connectivity index (χ1n) is 11.0. The molecule has 4 rings (SSSR count). The SMILES string of the molecule is CN(C)S(=O)(=O)N1CCn2c(C(=O)NCc3ccncc3)nnc2C1c1ccccc1.O=C(O)C(F)(F)F. The van der Waals surface area contributed by atoms with Crippen LogP contribution in [0.2, 0.25) is 0 Å². The first kappa shape index (κ1) is 28.7. The first-order valence-corrected chi connectivity index (χ1v) is 12.4. The summed E-state index contributed by atoms with van der Waals surface area (Å²) in [6.07, 6.45) is -1.77. The molecule has 0 aliphatic carbocycles. The molecule has 0 fully saturated rings. The standard InChI is InChI=1S/C20H23N7O3S.C2HF3O2/c1-25(2)31(29,30)27-13-12-26-18(17(27)16-6-4-3-5-7-16)23-24-19(26)20(28)22-14-15-8-10-21-11-9-15;3-2(4,5)1(6)7/h3-11,17H,12-14H2,1-2H3,(H,22,28);(H,6,7). The molecule has 1 amide bonds. The number of alkyl halides is 3. The molecule has 16 heteroatoms. The normalized spacial score (nSPS) is 15.8. The Balaban J connectivity index is 0.000000505. The molecule has 0 saturated carbocycles. The lowest BCUT2D eigenvalue weighted by Crippen LogP contribution is -2.48. The molecule has 0 radical (unpaired) electrons. The van der Waals surface area contributed by atoms with Gasteiger partial charge in [0.1, 0.15) is 6.04 Å². The quantitative estimate of drug-likeness (QED) is 0.464. The third-order valence-electron chi connectivity index (χ3n) is 5.38. The predicted octanol–water partition coefficient (Wildman–Crippen LogP) is 1.45. The van der Waals surface area contributed by atoms with E-state index < -0.39 is 28.4 Å². The van der Waals surface area contributed by atoms with Crippen LogP contribution in [-0.4, -0.2) is 80.6 Å². The number of carboxylic acid groups (broad SMARTS) is 1. The van der Waals surface area contributed by atoms with Crippen molar-refractivity contribution in [3.05, 3.63) is 77.6 Å². The molecule has 1 aliphatic heterocycles. The zero-order valence-electron chi connectivity index (χ0n) is 20.2. The number of nitrogens with zero attached hydrogens (tertiary/aromatic N) is 6. The van der Waals surface area contributed by atoms with E-state index >= 15 is 0 Å². The fourth-order valence-corrected chi connectivity index (χ4v) is 4.75. The number of pyridine rings is 1. The number of hydrogen-bond donors (Lipinski definition) is 2. The zero-order chi connectivity index (χ0) is 28.1. The molecule has 1 aliphatic rings. The number of benzene rings is 1. The number of carboxylic acids is 1. The van der Waals surface area contributed by atoms with Gasteiger partial charge in [-0.1, -0.05) is 30.3 Å². The molecule has 2 aromatic heterocycles. The molecular weight excluding hydrogens is 531 g/mol. The Kier molecular flexibility index (Phi) is 8.80. The number of carbonyl (C=O) groups is 2. The third-order valence-corrected chi connectivity index (χ3v) is 7.29. The van der Waals surface area contributed by atoms with Crippen LogP contribution in [0.15, 0.2) is 54.9 Å². The van der Waals surface area contributed by atoms with Crippen LogP contribution in [0.25, 0.3) is 0 Å². The highest BCUT2D eigenvalue weighted by Gasteiger charge is 2.41. The molecule has 0 saturated heterocycles. The van der Waals surface area contributed by atoms with Crippen LogP contribution in [0.1, 0.15) is 33.6 Å². The summed E-state index contributed by atoms with van der Waals surface area (Å²) < 4.78 is 62.0. The summed E-state index contributed by atoms with van der Waals surface area (Å²) >= 11 is 0. The van der Waals surface area contributed by atoms with Crippen molar-refractivity contribution in [1.82, 2.24) is 33.7 Å². The lowest BCUT2D eigenvalue weighted by molar-refractivity contribution is -0.192. The van der Waals surface area contributed by atoms with Crippen LogP contribution in [-0.2, 0) is 28.1 Å². The minimum atomic E-state index is -5.08. The average molecular weight is 556 g/mol. The number of amides is 1. The van der Waals surface area contributed by atoms with Gasteiger partial charge in [-0.05, 0) is 23.3 Å². The van der Waals surface area contributed by atoms with Crippen LogP contribution in [0.3, 0.4) is 0 Å². The van der Waals surface area contributed by atoms with E-state index in [1.165, 1.54) is 22.7 Å². The summed E-state index contributed by atoms with van der Waals surface area (Å²) in [6, 6.07) is 12.2. The van der Waals surface area contributed by atoms with E-state index in [1.807, 2.05) is 42.5 Å². The largest absolute Gasteiger partial charge is 0.490 e. The number of carbonyl (C=O) groups excluding carboxylic acids is 1. The monoisotopic (exact) mass is 555 g/mol. The Labute approximate surface area is 215 Å². The van der Waals surface area contributed by atoms with Gasteiger partial charge >= 0.3 is 12.1 Å². The fraction of sp³-hybridized carbons (Fsp3) is 0.318. The van der Waals surface area contributed by atoms with Gasteiger partial charge in [0.15, 0.2) is 5.82 Å². The zero-order valence-corrected chi connectivity index (χ0v) is 21.0. The summed E-state index contributed by atoms with van der Waals surface area (Å²) in [5.41, 5.74) is 1.66. The number of hydrogen-bond acceptors (Lipinski definition) is 7. The number of fused-ring (bicyclic) bond motifs is 1. The molecule has 0 spiro atoms. The minimum absolute atomic E-state index is 0.159. The predicted molar refractivity (Wildman–Crippen MR) is 127 cm³/mol. The first-order chi connectivity index (χ1) is 17.8. The molecule has 38 heavy (non-hydrogen) atoms. The molecule has 3 heterocycles. The Morgan fingerprint density at radius 3 is 2.24 bits per heavy atom. The van der Waals surface area contributed by atoms with E-state index in [2.05, 4.69) is 20.5 Å². The lowest BCUT2D eigenvalue weighted by atomic mass is 10.0. The molecule has 204 valence electrons. The van der Waals surface area contributed by atoms with Crippen molar-refractivity contribution in [2.24, 2.45) is 0 Å². The lowest BCUT2D eigenvalue weighted by Gasteiger charge is -2.36. The van der Waals surface area contributed by atoms with E-state index in [9.17, 15) is 26.4 Å². The van der Waals surface area contributed by atoms with E-state index in [4.69, 9.17) is 9.90 Å². The topological polar surface area (TPSA) is 151 Å². The van der Waals surface area contributed by atoms with Gasteiger partial charge in [0.25, 0.3) is 16.1 Å². The summed E-state index contributed by atoms with van der Waals surface area (Å²) in [7, 11) is -0.729. The van der Waals surface area contributed by atoms with Gasteiger partial charge in [-0.2, -0.15) is 30.2 Å². The molecule has 3 aromatic rings. The van der Waals surface area contributed by atoms with Crippen LogP contribution >= 0.6 is 0 Å². The highest BCUT2D eigenvalue weighted by atomic mass is 32.2. The minimum Gasteiger partial charge on any atom is -0.475 e. The number of nitrogens with one attached hydrogen (secondary N) is 1. The van der Waals surface area contributed by atoms with E-state index in [0.29, 0.717) is 12.4 Å². The third kappa shape index (κ3) is 6.51. The number of halogens is 3. The van der Waals surface area contributed by atoms with E-state index in [-0.39, 0.29) is 24.8 Å². The van der Waals surface area contributed by atoms with Crippen LogP contribution in [0, 0.1) is 0 Å². The van der Waals surface area contributed by atoms with Crippen LogP contribution < -0.4 is 5.32 Å². The fourth-order valence-electron chi connectivity index (χ4n) is 3.53. The van der Waals surface area contributed by atoms with E-state index in [1.54, 1.807) is 17.0 Å². The number of rotatable bonds is 6. The summed E-state index contributed by atoms with van der Waals surface area (Å²) in [6.45, 7) is 0.791. The summed E-state index contributed by atoms with van der Waals surface area (Å²) in [5, 5.41) is 18.3. The number of aliphatic carboxylic acids is 1. The Morgan fingerprint density at radius 1 is 1.08 bits per heavy atom. The van der Waals surface area contributed by atoms with Crippen molar-refractivity contribution in [1.29, 1.82) is 0 Å². The maximum atomic E-state index is 13.0. The van der Waals surface area contributed by atoms with Gasteiger partial charge in [-0.3, -0.25) is 9.78 Å². The molecule has 1 unspecified atom stereocenters. The summed E-state index contributed by atoms with van der Waals surface area (Å²) in [5.74, 6) is -2.55. The molecule has 1 aromatic carbocycles. The van der Waals surface area contributed by atoms with Crippen LogP contribution in [0.5, 0.6) is 0 Å². The Hall–Kier alpha value is -3.89. The van der Waals surface area contributed by atoms with Gasteiger partial charge in [-0.25, -0.2) is 4.79 Å². The highest BCUT2D eigenvalue weighted by Crippen LogP contribution is 2.34. The van der Waals surface area contributed by atoms with Crippen molar-refractivity contribution in [2.45, 2.75) is 25.3 Å². The van der Waals surface area contributed by atoms with Gasteiger partial charge in [0, 0.05) is 46.1 Å². The molecule has 0 bridgehead atoms. The molecular formula is C22H24F3N7O5S. The maximum Gasteiger partial charge on any atom is 0.490 e. The van der Waals surface area contributed by atoms with Crippen LogP contribution in [0.4, 0.5) is 13.2 Å². The number of aromatic nitrogens is 4. The smallest absolute Gasteiger partial charge is 0.475 e. The van der Waals surface area contributed by atoms with Gasteiger partial charge in [-0.15, -0.1) is 10.2 Å². The Morgan fingerprint density at radius 2 is 1.68 bits per heavy atom. The summed E-state index contributed by atoms with van der Waals surface area (Å²) in [4.78, 5) is 25.6. The van der Waals surface area contributed by atoms with Gasteiger partial charge < -0.3 is 15.0 Å². The van der Waals surface area contributed by atoms with Gasteiger partial charge in [0.05, 0.1) is 0 Å². The van der Waals surface area contributed by atoms with Crippen molar-refractivity contribution in [3.8, 4) is 0 Å². The van der Waals surface area contributed by atoms with Gasteiger partial charge in [0.2, 0.25) is 5.82 Å². The van der Waals surface area contributed by atoms with Crippen molar-refractivity contribution in [2.75, 3.05) is 20.6 Å². The molecule has 12 nitrogen and oxygen atoms in total. The highest BCUT2D eigenvalue weighted by molar-refractivity contribution is 7.86. The van der Waals surface area contributed by atoms with E-state index in [0.717, 1.165) is 11.1 Å². The average Bonchev–Trinajstić information content (AvgIpc) is 3.32. The van der Waals surface area contributed by atoms with Crippen molar-refractivity contribution < 1.29 is 36.3 Å². The second-order valence-electron chi connectivity index (χ2n) is 8.09.